The van der Waals surface area contributed by atoms with Gasteiger partial charge in [0.15, 0.2) is 5.69 Å². The van der Waals surface area contributed by atoms with Gasteiger partial charge in [-0.25, -0.2) is 14.8 Å². The fraction of sp³-hybridized carbons (Fsp3) is 0.333. The SMILES string of the molecule is COC(=O)CCC(=O)Cl.COC(=O)c1ccc2c(c1)CC[C@@H]2NC(=O)c1ncnc2c(N)cn(C)c12. The zero-order valence-corrected chi connectivity index (χ0v) is 20.8. The number of aryl methyl sites for hydroxylation is 2. The summed E-state index contributed by atoms with van der Waals surface area (Å²) in [6.07, 6.45) is 4.72. The number of carbonyl (C=O) groups excluding carboxylic acids is 4. The smallest absolute Gasteiger partial charge is 0.337 e. The van der Waals surface area contributed by atoms with Gasteiger partial charge in [0.25, 0.3) is 5.91 Å². The van der Waals surface area contributed by atoms with Crippen molar-refractivity contribution in [3.8, 4) is 0 Å². The summed E-state index contributed by atoms with van der Waals surface area (Å²) in [5.74, 6) is -1.06. The summed E-state index contributed by atoms with van der Waals surface area (Å²) in [6, 6.07) is 5.28. The quantitative estimate of drug-likeness (QED) is 0.372. The van der Waals surface area contributed by atoms with E-state index in [1.54, 1.807) is 23.9 Å². The summed E-state index contributed by atoms with van der Waals surface area (Å²) in [5, 5.41) is 2.53. The van der Waals surface area contributed by atoms with Gasteiger partial charge in [0.05, 0.1) is 37.9 Å². The number of methoxy groups -OCH3 is 2. The van der Waals surface area contributed by atoms with Crippen molar-refractivity contribution in [2.75, 3.05) is 20.0 Å². The van der Waals surface area contributed by atoms with E-state index in [2.05, 4.69) is 20.0 Å². The van der Waals surface area contributed by atoms with Crippen molar-refractivity contribution in [1.82, 2.24) is 19.9 Å². The van der Waals surface area contributed by atoms with Crippen LogP contribution in [0.5, 0.6) is 0 Å². The van der Waals surface area contributed by atoms with Crippen molar-refractivity contribution in [3.05, 3.63) is 53.1 Å². The van der Waals surface area contributed by atoms with Crippen LogP contribution in [0.2, 0.25) is 0 Å². The number of ether oxygens (including phenoxy) is 2. The molecular weight excluding hydrogens is 490 g/mol. The highest BCUT2D eigenvalue weighted by molar-refractivity contribution is 6.63. The number of fused-ring (bicyclic) bond motifs is 2. The number of halogens is 1. The van der Waals surface area contributed by atoms with Gasteiger partial charge >= 0.3 is 11.9 Å². The average molecular weight is 516 g/mol. The standard InChI is InChI=1S/C19H19N5O3.C5H7ClO3/c1-24-8-13(20)15-17(24)16(22-9-21-15)18(25)23-14-6-4-10-7-11(19(26)27-2)3-5-12(10)14;1-9-5(8)3-2-4(6)7/h3,5,7-9,14H,4,6,20H2,1-2H3,(H,23,25);2-3H2,1H3/t14-;/m0./s1. The highest BCUT2D eigenvalue weighted by Crippen LogP contribution is 2.32. The monoisotopic (exact) mass is 515 g/mol. The van der Waals surface area contributed by atoms with Gasteiger partial charge in [-0.05, 0) is 47.7 Å². The summed E-state index contributed by atoms with van der Waals surface area (Å²) >= 11 is 4.93. The van der Waals surface area contributed by atoms with E-state index >= 15 is 0 Å². The Kier molecular flexibility index (Phi) is 8.59. The molecule has 4 rings (SSSR count). The Bertz CT molecular complexity index is 1320. The second-order valence-electron chi connectivity index (χ2n) is 8.02. The van der Waals surface area contributed by atoms with E-state index < -0.39 is 11.2 Å². The first-order valence-corrected chi connectivity index (χ1v) is 11.4. The minimum absolute atomic E-state index is 0.0498. The number of amides is 1. The Balaban J connectivity index is 0.000000345. The molecule has 0 saturated carbocycles. The first-order chi connectivity index (χ1) is 17.2. The van der Waals surface area contributed by atoms with Gasteiger partial charge in [-0.2, -0.15) is 0 Å². The molecule has 0 spiro atoms. The molecule has 0 fully saturated rings. The van der Waals surface area contributed by atoms with Crippen molar-refractivity contribution in [1.29, 1.82) is 0 Å². The minimum atomic E-state index is -0.514. The predicted octanol–water partition coefficient (Wildman–Crippen LogP) is 2.46. The fourth-order valence-electron chi connectivity index (χ4n) is 3.97. The van der Waals surface area contributed by atoms with Crippen molar-refractivity contribution in [2.45, 2.75) is 31.7 Å². The summed E-state index contributed by atoms with van der Waals surface area (Å²) in [6.45, 7) is 0. The molecular formula is C24H26ClN5O6. The summed E-state index contributed by atoms with van der Waals surface area (Å²) in [7, 11) is 4.43. The number of nitrogens with one attached hydrogen (secondary N) is 1. The highest BCUT2D eigenvalue weighted by Gasteiger charge is 2.27. The lowest BCUT2D eigenvalue weighted by atomic mass is 10.0. The van der Waals surface area contributed by atoms with Crippen LogP contribution in [0, 0.1) is 0 Å². The minimum Gasteiger partial charge on any atom is -0.469 e. The molecule has 1 amide bonds. The Morgan fingerprint density at radius 1 is 1.17 bits per heavy atom. The lowest BCUT2D eigenvalue weighted by Gasteiger charge is -2.15. The average Bonchev–Trinajstić information content (AvgIpc) is 3.41. The summed E-state index contributed by atoms with van der Waals surface area (Å²) < 4.78 is 10.8. The molecule has 11 nitrogen and oxygen atoms in total. The molecule has 0 aliphatic heterocycles. The molecule has 1 aromatic carbocycles. The van der Waals surface area contributed by atoms with Gasteiger partial charge in [0, 0.05) is 19.7 Å². The van der Waals surface area contributed by atoms with Crippen molar-refractivity contribution in [2.24, 2.45) is 7.05 Å². The third kappa shape index (κ3) is 5.98. The third-order valence-corrected chi connectivity index (χ3v) is 5.89. The number of nitrogen functional groups attached to an aromatic ring is 1. The molecule has 3 aromatic rings. The molecule has 1 aliphatic rings. The van der Waals surface area contributed by atoms with E-state index in [1.165, 1.54) is 20.5 Å². The molecule has 1 atom stereocenters. The van der Waals surface area contributed by atoms with E-state index in [-0.39, 0.29) is 30.8 Å². The Morgan fingerprint density at radius 2 is 1.92 bits per heavy atom. The topological polar surface area (TPSA) is 156 Å². The van der Waals surface area contributed by atoms with Gasteiger partial charge in [-0.1, -0.05) is 6.07 Å². The predicted molar refractivity (Wildman–Crippen MR) is 131 cm³/mol. The van der Waals surface area contributed by atoms with Crippen LogP contribution < -0.4 is 11.1 Å². The summed E-state index contributed by atoms with van der Waals surface area (Å²) in [5.41, 5.74) is 10.5. The highest BCUT2D eigenvalue weighted by atomic mass is 35.5. The molecule has 0 unspecified atom stereocenters. The number of carbonyl (C=O) groups is 4. The molecule has 36 heavy (non-hydrogen) atoms. The second kappa shape index (κ2) is 11.6. The van der Waals surface area contributed by atoms with Crippen molar-refractivity contribution in [3.63, 3.8) is 0 Å². The molecule has 0 radical (unpaired) electrons. The summed E-state index contributed by atoms with van der Waals surface area (Å²) in [4.78, 5) is 53.2. The first kappa shape index (κ1) is 26.6. The maximum absolute atomic E-state index is 12.9. The molecule has 0 bridgehead atoms. The second-order valence-corrected chi connectivity index (χ2v) is 8.44. The van der Waals surface area contributed by atoms with Crippen LogP contribution in [0.4, 0.5) is 5.69 Å². The lowest BCUT2D eigenvalue weighted by Crippen LogP contribution is -2.28. The van der Waals surface area contributed by atoms with Crippen LogP contribution >= 0.6 is 11.6 Å². The number of nitrogens with zero attached hydrogens (tertiary/aromatic N) is 3. The number of anilines is 1. The molecule has 2 heterocycles. The van der Waals surface area contributed by atoms with Crippen LogP contribution in [-0.4, -0.2) is 51.8 Å². The third-order valence-electron chi connectivity index (χ3n) is 5.70. The van der Waals surface area contributed by atoms with Crippen LogP contribution in [-0.2, 0) is 32.5 Å². The molecule has 2 aromatic heterocycles. The number of hydrogen-bond acceptors (Lipinski definition) is 9. The number of nitrogens with two attached hydrogens (primary N) is 1. The molecule has 1 aliphatic carbocycles. The van der Waals surface area contributed by atoms with E-state index in [1.807, 2.05) is 12.1 Å². The van der Waals surface area contributed by atoms with Crippen molar-refractivity contribution >= 4 is 51.4 Å². The zero-order chi connectivity index (χ0) is 26.4. The fourth-order valence-corrected chi connectivity index (χ4v) is 4.06. The Morgan fingerprint density at radius 3 is 2.58 bits per heavy atom. The normalized spacial score (nSPS) is 13.8. The molecule has 12 heteroatoms. The van der Waals surface area contributed by atoms with Crippen LogP contribution in [0.1, 0.15) is 57.3 Å². The van der Waals surface area contributed by atoms with Crippen LogP contribution in [0.15, 0.2) is 30.7 Å². The van der Waals surface area contributed by atoms with Gasteiger partial charge in [-0.15, -0.1) is 0 Å². The molecule has 190 valence electrons. The maximum atomic E-state index is 12.9. The number of rotatable bonds is 6. The largest absolute Gasteiger partial charge is 0.469 e. The van der Waals surface area contributed by atoms with Crippen molar-refractivity contribution < 1.29 is 28.7 Å². The van der Waals surface area contributed by atoms with E-state index in [4.69, 9.17) is 22.1 Å². The van der Waals surface area contributed by atoms with Crippen LogP contribution in [0.25, 0.3) is 11.0 Å². The number of benzene rings is 1. The van der Waals surface area contributed by atoms with Gasteiger partial charge in [0.1, 0.15) is 17.4 Å². The number of aromatic nitrogens is 3. The Labute approximate surface area is 211 Å². The maximum Gasteiger partial charge on any atom is 0.337 e. The van der Waals surface area contributed by atoms with Crippen LogP contribution in [0.3, 0.4) is 0 Å². The van der Waals surface area contributed by atoms with Gasteiger partial charge in [-0.3, -0.25) is 14.4 Å². The van der Waals surface area contributed by atoms with E-state index in [0.29, 0.717) is 28.0 Å². The van der Waals surface area contributed by atoms with E-state index in [0.717, 1.165) is 24.0 Å². The number of esters is 2. The molecule has 3 N–H and O–H groups in total. The Hall–Kier alpha value is -3.99. The lowest BCUT2D eigenvalue weighted by molar-refractivity contribution is -0.141. The first-order valence-electron chi connectivity index (χ1n) is 11.0. The number of hydrogen-bond donors (Lipinski definition) is 2. The zero-order valence-electron chi connectivity index (χ0n) is 20.0. The van der Waals surface area contributed by atoms with E-state index in [9.17, 15) is 19.2 Å². The van der Waals surface area contributed by atoms with Gasteiger partial charge in [0.2, 0.25) is 5.24 Å². The molecule has 0 saturated heterocycles. The van der Waals surface area contributed by atoms with Gasteiger partial charge < -0.3 is 25.1 Å².